The van der Waals surface area contributed by atoms with Crippen LogP contribution < -0.4 is 5.73 Å². The Balaban J connectivity index is 2.63. The number of likely N-dealkylation sites (N-methyl/N-ethyl adjacent to an activating group) is 1. The molecule has 0 bridgehead atoms. The molecule has 1 aromatic rings. The number of nitrogens with two attached hydrogens (primary N) is 1. The van der Waals surface area contributed by atoms with E-state index in [0.29, 0.717) is 6.54 Å². The van der Waals surface area contributed by atoms with E-state index in [2.05, 4.69) is 50.7 Å². The van der Waals surface area contributed by atoms with Crippen LogP contribution in [0.4, 0.5) is 0 Å². The fraction of sp³-hybridized carbons (Fsp3) is 0.667. The molecule has 2 N–H and O–H groups in total. The second kappa shape index (κ2) is 7.56. The first-order valence-electron chi connectivity index (χ1n) is 5.95. The second-order valence-electron chi connectivity index (χ2n) is 4.21. The highest BCUT2D eigenvalue weighted by Gasteiger charge is 2.20. The van der Waals surface area contributed by atoms with Gasteiger partial charge in [0.15, 0.2) is 4.67 Å². The molecular weight excluding hydrogens is 348 g/mol. The van der Waals surface area contributed by atoms with Crippen molar-refractivity contribution in [2.24, 2.45) is 5.73 Å². The predicted molar refractivity (Wildman–Crippen MR) is 78.1 cm³/mol. The third-order valence-electron chi connectivity index (χ3n) is 2.86. The summed E-state index contributed by atoms with van der Waals surface area (Å²) in [7, 11) is 2.09. The largest absolute Gasteiger partial charge is 0.451 e. The zero-order valence-electron chi connectivity index (χ0n) is 10.4. The van der Waals surface area contributed by atoms with Crippen LogP contribution in [0.1, 0.15) is 38.0 Å². The molecule has 1 aromatic heterocycles. The van der Waals surface area contributed by atoms with E-state index in [1.54, 1.807) is 0 Å². The summed E-state index contributed by atoms with van der Waals surface area (Å²) in [4.78, 5) is 2.26. The summed E-state index contributed by atoms with van der Waals surface area (Å²) < 4.78 is 7.31. The highest BCUT2D eigenvalue weighted by Crippen LogP contribution is 2.31. The number of hydrogen-bond donors (Lipinski definition) is 1. The lowest BCUT2D eigenvalue weighted by atomic mass is 10.1. The molecule has 0 spiro atoms. The van der Waals surface area contributed by atoms with Gasteiger partial charge in [0, 0.05) is 6.54 Å². The lowest BCUT2D eigenvalue weighted by Gasteiger charge is -2.25. The summed E-state index contributed by atoms with van der Waals surface area (Å²) in [6.07, 6.45) is 3.69. The van der Waals surface area contributed by atoms with Crippen molar-refractivity contribution < 1.29 is 4.42 Å². The van der Waals surface area contributed by atoms with E-state index in [4.69, 9.17) is 10.2 Å². The molecule has 1 heterocycles. The van der Waals surface area contributed by atoms with Crippen molar-refractivity contribution >= 4 is 31.9 Å². The van der Waals surface area contributed by atoms with Crippen molar-refractivity contribution in [1.29, 1.82) is 0 Å². The molecule has 0 aliphatic carbocycles. The molecule has 1 unspecified atom stereocenters. The molecule has 1 rings (SSSR count). The third kappa shape index (κ3) is 4.39. The van der Waals surface area contributed by atoms with Crippen LogP contribution in [0.3, 0.4) is 0 Å². The number of furan rings is 1. The minimum atomic E-state index is 0.148. The maximum atomic E-state index is 5.84. The van der Waals surface area contributed by atoms with Crippen LogP contribution in [-0.4, -0.2) is 25.0 Å². The summed E-state index contributed by atoms with van der Waals surface area (Å²) >= 11 is 6.78. The van der Waals surface area contributed by atoms with Crippen LogP contribution >= 0.6 is 31.9 Å². The predicted octanol–water partition coefficient (Wildman–Crippen LogP) is 3.93. The van der Waals surface area contributed by atoms with Gasteiger partial charge in [-0.25, -0.2) is 0 Å². The fourth-order valence-electron chi connectivity index (χ4n) is 1.81. The number of halogens is 2. The molecule has 0 saturated carbocycles. The summed E-state index contributed by atoms with van der Waals surface area (Å²) in [6, 6.07) is 2.13. The molecule has 0 aliphatic heterocycles. The van der Waals surface area contributed by atoms with E-state index in [9.17, 15) is 0 Å². The highest BCUT2D eigenvalue weighted by molar-refractivity contribution is 9.13. The smallest absolute Gasteiger partial charge is 0.183 e. The van der Waals surface area contributed by atoms with Crippen molar-refractivity contribution in [2.75, 3.05) is 20.1 Å². The zero-order valence-corrected chi connectivity index (χ0v) is 13.6. The van der Waals surface area contributed by atoms with Crippen LogP contribution in [0, 0.1) is 0 Å². The van der Waals surface area contributed by atoms with E-state index < -0.39 is 0 Å². The van der Waals surface area contributed by atoms with Crippen LogP contribution in [-0.2, 0) is 0 Å². The molecule has 0 aromatic carbocycles. The van der Waals surface area contributed by atoms with Gasteiger partial charge >= 0.3 is 0 Å². The molecular formula is C12H20Br2N2O. The van der Waals surface area contributed by atoms with Crippen LogP contribution in [0.15, 0.2) is 19.6 Å². The van der Waals surface area contributed by atoms with E-state index in [1.807, 2.05) is 6.07 Å². The van der Waals surface area contributed by atoms with Gasteiger partial charge < -0.3 is 10.2 Å². The topological polar surface area (TPSA) is 42.4 Å². The highest BCUT2D eigenvalue weighted by atomic mass is 79.9. The normalized spacial score (nSPS) is 13.3. The molecule has 3 nitrogen and oxygen atoms in total. The Morgan fingerprint density at radius 1 is 1.41 bits per heavy atom. The first-order valence-corrected chi connectivity index (χ1v) is 7.53. The minimum absolute atomic E-state index is 0.148. The second-order valence-corrected chi connectivity index (χ2v) is 5.78. The van der Waals surface area contributed by atoms with Crippen molar-refractivity contribution in [1.82, 2.24) is 4.90 Å². The van der Waals surface area contributed by atoms with Gasteiger partial charge in [-0.2, -0.15) is 0 Å². The van der Waals surface area contributed by atoms with Crippen molar-refractivity contribution in [3.05, 3.63) is 21.0 Å². The average molecular weight is 368 g/mol. The average Bonchev–Trinajstić information content (AvgIpc) is 2.60. The van der Waals surface area contributed by atoms with Gasteiger partial charge in [0.25, 0.3) is 0 Å². The number of nitrogens with zero attached hydrogens (tertiary/aromatic N) is 1. The van der Waals surface area contributed by atoms with Crippen molar-refractivity contribution in [2.45, 2.75) is 32.2 Å². The summed E-state index contributed by atoms with van der Waals surface area (Å²) in [5.41, 5.74) is 5.84. The Kier molecular flexibility index (Phi) is 6.77. The van der Waals surface area contributed by atoms with Gasteiger partial charge in [-0.3, -0.25) is 4.90 Å². The zero-order chi connectivity index (χ0) is 12.8. The van der Waals surface area contributed by atoms with Gasteiger partial charge in [0.2, 0.25) is 0 Å². The molecule has 17 heavy (non-hydrogen) atoms. The first kappa shape index (κ1) is 15.2. The maximum Gasteiger partial charge on any atom is 0.183 e. The Hall–Kier alpha value is 0.160. The van der Waals surface area contributed by atoms with E-state index in [1.165, 1.54) is 19.3 Å². The first-order chi connectivity index (χ1) is 8.10. The van der Waals surface area contributed by atoms with E-state index in [-0.39, 0.29) is 6.04 Å². The van der Waals surface area contributed by atoms with Gasteiger partial charge in [0.1, 0.15) is 5.76 Å². The molecule has 0 saturated heterocycles. The van der Waals surface area contributed by atoms with Gasteiger partial charge in [0.05, 0.1) is 10.5 Å². The van der Waals surface area contributed by atoms with E-state index in [0.717, 1.165) is 21.4 Å². The Morgan fingerprint density at radius 2 is 2.12 bits per heavy atom. The van der Waals surface area contributed by atoms with Crippen molar-refractivity contribution in [3.63, 3.8) is 0 Å². The Morgan fingerprint density at radius 3 is 2.59 bits per heavy atom. The minimum Gasteiger partial charge on any atom is -0.451 e. The number of rotatable bonds is 7. The molecule has 1 atom stereocenters. The van der Waals surface area contributed by atoms with Crippen LogP contribution in [0.25, 0.3) is 0 Å². The molecule has 0 aliphatic rings. The van der Waals surface area contributed by atoms with Gasteiger partial charge in [-0.1, -0.05) is 19.8 Å². The standard InChI is InChI=1S/C12H20Br2N2O/c1-3-4-5-6-16(2)10(8-15)11-7-9(13)12(14)17-11/h7,10H,3-6,8,15H2,1-2H3. The lowest BCUT2D eigenvalue weighted by Crippen LogP contribution is -2.31. The van der Waals surface area contributed by atoms with Gasteiger partial charge in [-0.15, -0.1) is 0 Å². The Labute approximate surface area is 120 Å². The van der Waals surface area contributed by atoms with Crippen molar-refractivity contribution in [3.8, 4) is 0 Å². The number of unbranched alkanes of at least 4 members (excludes halogenated alkanes) is 2. The van der Waals surface area contributed by atoms with Crippen LogP contribution in [0.2, 0.25) is 0 Å². The van der Waals surface area contributed by atoms with Gasteiger partial charge in [-0.05, 0) is 57.9 Å². The van der Waals surface area contributed by atoms with E-state index >= 15 is 0 Å². The molecule has 0 fully saturated rings. The SMILES string of the molecule is CCCCCN(C)C(CN)c1cc(Br)c(Br)o1. The van der Waals surface area contributed by atoms with Crippen LogP contribution in [0.5, 0.6) is 0 Å². The summed E-state index contributed by atoms with van der Waals surface area (Å²) in [6.45, 7) is 3.82. The summed E-state index contributed by atoms with van der Waals surface area (Å²) in [5, 5.41) is 0. The number of hydrogen-bond acceptors (Lipinski definition) is 3. The Bertz CT molecular complexity index is 322. The fourth-order valence-corrected chi connectivity index (χ4v) is 2.42. The summed E-state index contributed by atoms with van der Waals surface area (Å²) in [5.74, 6) is 0.908. The quantitative estimate of drug-likeness (QED) is 0.742. The maximum absolute atomic E-state index is 5.84. The third-order valence-corrected chi connectivity index (χ3v) is 4.57. The lowest BCUT2D eigenvalue weighted by molar-refractivity contribution is 0.215. The molecule has 0 radical (unpaired) electrons. The molecule has 5 heteroatoms. The monoisotopic (exact) mass is 366 g/mol. The molecule has 98 valence electrons. The molecule has 0 amide bonds.